The summed E-state index contributed by atoms with van der Waals surface area (Å²) in [5.41, 5.74) is 2.74. The largest absolute Gasteiger partial charge is 0.378 e. The first-order chi connectivity index (χ1) is 9.02. The molecule has 19 heavy (non-hydrogen) atoms. The summed E-state index contributed by atoms with van der Waals surface area (Å²) >= 11 is 15.9. The van der Waals surface area contributed by atoms with Crippen molar-refractivity contribution < 1.29 is 0 Å². The summed E-state index contributed by atoms with van der Waals surface area (Å²) in [6, 6.07) is 5.68. The molecule has 2 aromatic rings. The Balaban J connectivity index is 2.19. The number of rotatable bonds is 4. The van der Waals surface area contributed by atoms with Crippen LogP contribution in [0.3, 0.4) is 0 Å². The van der Waals surface area contributed by atoms with Gasteiger partial charge in [0.2, 0.25) is 0 Å². The molecule has 0 aliphatic heterocycles. The van der Waals surface area contributed by atoms with Gasteiger partial charge in [-0.3, -0.25) is 4.68 Å². The number of halogens is 3. The summed E-state index contributed by atoms with van der Waals surface area (Å²) in [5, 5.41) is 9.07. The maximum absolute atomic E-state index is 6.30. The number of nitrogens with zero attached hydrogens (tertiary/aromatic N) is 2. The van der Waals surface area contributed by atoms with Gasteiger partial charge in [-0.25, -0.2) is 0 Å². The van der Waals surface area contributed by atoms with E-state index in [9.17, 15) is 0 Å². The Kier molecular flexibility index (Phi) is 4.76. The van der Waals surface area contributed by atoms with Crippen molar-refractivity contribution in [3.63, 3.8) is 0 Å². The number of aromatic nitrogens is 2. The van der Waals surface area contributed by atoms with Crippen LogP contribution in [0.4, 0.5) is 5.69 Å². The highest BCUT2D eigenvalue weighted by Crippen LogP contribution is 2.27. The van der Waals surface area contributed by atoms with E-state index in [1.54, 1.807) is 4.68 Å². The van der Waals surface area contributed by atoms with Crippen LogP contribution in [-0.4, -0.2) is 9.78 Å². The molecule has 1 N–H and O–H groups in total. The highest BCUT2D eigenvalue weighted by molar-refractivity contribution is 9.10. The maximum atomic E-state index is 6.30. The van der Waals surface area contributed by atoms with Crippen molar-refractivity contribution in [3.8, 4) is 0 Å². The van der Waals surface area contributed by atoms with Crippen LogP contribution >= 0.6 is 39.1 Å². The maximum Gasteiger partial charge on any atom is 0.0868 e. The van der Waals surface area contributed by atoms with Crippen LogP contribution in [0.15, 0.2) is 22.7 Å². The number of nitrogens with one attached hydrogen (secondary N) is 1. The summed E-state index contributed by atoms with van der Waals surface area (Å²) in [4.78, 5) is 0. The molecule has 0 amide bonds. The molecule has 1 aromatic heterocycles. The molecule has 3 nitrogen and oxygen atoms in total. The van der Waals surface area contributed by atoms with Crippen molar-refractivity contribution in [3.05, 3.63) is 44.1 Å². The molecular formula is C13H14BrCl2N3. The fraction of sp³-hybridized carbons (Fsp3) is 0.308. The van der Waals surface area contributed by atoms with E-state index in [-0.39, 0.29) is 0 Å². The quantitative estimate of drug-likeness (QED) is 0.856. The molecular weight excluding hydrogens is 349 g/mol. The van der Waals surface area contributed by atoms with Crippen molar-refractivity contribution in [2.75, 3.05) is 5.32 Å². The average Bonchev–Trinajstić information content (AvgIpc) is 2.66. The monoisotopic (exact) mass is 361 g/mol. The molecule has 0 saturated carbocycles. The van der Waals surface area contributed by atoms with E-state index in [0.29, 0.717) is 11.6 Å². The van der Waals surface area contributed by atoms with Crippen molar-refractivity contribution in [2.24, 2.45) is 7.05 Å². The van der Waals surface area contributed by atoms with Crippen LogP contribution in [0, 0.1) is 0 Å². The molecule has 0 spiro atoms. The molecule has 2 rings (SSSR count). The molecule has 0 radical (unpaired) electrons. The zero-order valence-corrected chi connectivity index (χ0v) is 13.8. The second kappa shape index (κ2) is 6.16. The van der Waals surface area contributed by atoms with E-state index in [0.717, 1.165) is 33.0 Å². The SMILES string of the molecule is CCc1nn(C)c(CNc2cc(Br)ccc2Cl)c1Cl. The van der Waals surface area contributed by atoms with Gasteiger partial charge in [-0.2, -0.15) is 5.10 Å². The summed E-state index contributed by atoms with van der Waals surface area (Å²) in [5.74, 6) is 0. The molecule has 0 fully saturated rings. The lowest BCUT2D eigenvalue weighted by molar-refractivity contribution is 0.707. The third-order valence-electron chi connectivity index (χ3n) is 2.88. The molecule has 0 unspecified atom stereocenters. The molecule has 1 heterocycles. The first-order valence-corrected chi connectivity index (χ1v) is 7.47. The highest BCUT2D eigenvalue weighted by Gasteiger charge is 2.13. The minimum Gasteiger partial charge on any atom is -0.378 e. The fourth-order valence-corrected chi connectivity index (χ4v) is 2.73. The number of benzene rings is 1. The normalized spacial score (nSPS) is 10.8. The smallest absolute Gasteiger partial charge is 0.0868 e. The van der Waals surface area contributed by atoms with Crippen LogP contribution in [-0.2, 0) is 20.0 Å². The Morgan fingerprint density at radius 1 is 1.37 bits per heavy atom. The lowest BCUT2D eigenvalue weighted by atomic mass is 10.3. The van der Waals surface area contributed by atoms with E-state index in [1.807, 2.05) is 32.2 Å². The van der Waals surface area contributed by atoms with Crippen LogP contribution in [0.25, 0.3) is 0 Å². The molecule has 102 valence electrons. The van der Waals surface area contributed by atoms with Gasteiger partial charge in [-0.1, -0.05) is 46.1 Å². The van der Waals surface area contributed by atoms with Gasteiger partial charge >= 0.3 is 0 Å². The summed E-state index contributed by atoms with van der Waals surface area (Å²) < 4.78 is 2.78. The van der Waals surface area contributed by atoms with Crippen molar-refractivity contribution in [2.45, 2.75) is 19.9 Å². The Morgan fingerprint density at radius 2 is 2.11 bits per heavy atom. The lowest BCUT2D eigenvalue weighted by Gasteiger charge is -2.09. The van der Waals surface area contributed by atoms with E-state index in [1.165, 1.54) is 0 Å². The first kappa shape index (κ1) is 14.7. The minimum atomic E-state index is 0.582. The van der Waals surface area contributed by atoms with Gasteiger partial charge in [0.25, 0.3) is 0 Å². The Labute approximate surface area is 131 Å². The second-order valence-corrected chi connectivity index (χ2v) is 5.86. The number of aryl methyl sites for hydroxylation is 2. The van der Waals surface area contributed by atoms with Crippen molar-refractivity contribution >= 4 is 44.8 Å². The molecule has 0 saturated heterocycles. The molecule has 0 bridgehead atoms. The fourth-order valence-electron chi connectivity index (χ4n) is 1.82. The van der Waals surface area contributed by atoms with Crippen LogP contribution in [0.1, 0.15) is 18.3 Å². The van der Waals surface area contributed by atoms with Gasteiger partial charge in [-0.15, -0.1) is 0 Å². The molecule has 6 heteroatoms. The molecule has 0 atom stereocenters. The third-order valence-corrected chi connectivity index (χ3v) is 4.14. The lowest BCUT2D eigenvalue weighted by Crippen LogP contribution is -2.06. The van der Waals surface area contributed by atoms with Gasteiger partial charge in [0.15, 0.2) is 0 Å². The zero-order chi connectivity index (χ0) is 14.0. The van der Waals surface area contributed by atoms with Gasteiger partial charge < -0.3 is 5.32 Å². The van der Waals surface area contributed by atoms with Gasteiger partial charge in [-0.05, 0) is 24.6 Å². The van der Waals surface area contributed by atoms with Crippen LogP contribution in [0.2, 0.25) is 10.0 Å². The van der Waals surface area contributed by atoms with Gasteiger partial charge in [0.1, 0.15) is 0 Å². The number of anilines is 1. The van der Waals surface area contributed by atoms with Crippen molar-refractivity contribution in [1.82, 2.24) is 9.78 Å². The second-order valence-electron chi connectivity index (χ2n) is 4.16. The van der Waals surface area contributed by atoms with E-state index < -0.39 is 0 Å². The first-order valence-electron chi connectivity index (χ1n) is 5.92. The van der Waals surface area contributed by atoms with Gasteiger partial charge in [0.05, 0.1) is 33.7 Å². The minimum absolute atomic E-state index is 0.582. The van der Waals surface area contributed by atoms with Crippen LogP contribution in [0.5, 0.6) is 0 Å². The Hall–Kier alpha value is -0.710. The molecule has 0 aliphatic rings. The summed E-state index contributed by atoms with van der Waals surface area (Å²) in [6.45, 7) is 2.62. The standard InChI is InChI=1S/C13H14BrCl2N3/c1-3-10-13(16)12(19(2)18-10)7-17-11-6-8(14)4-5-9(11)15/h4-6,17H,3,7H2,1-2H3. The number of hydrogen-bond acceptors (Lipinski definition) is 2. The molecule has 1 aromatic carbocycles. The Bertz CT molecular complexity index is 596. The predicted octanol–water partition coefficient (Wildman–Crippen LogP) is 4.66. The highest BCUT2D eigenvalue weighted by atomic mass is 79.9. The predicted molar refractivity (Wildman–Crippen MR) is 84.1 cm³/mol. The topological polar surface area (TPSA) is 29.9 Å². The van der Waals surface area contributed by atoms with E-state index >= 15 is 0 Å². The third kappa shape index (κ3) is 3.25. The average molecular weight is 363 g/mol. The Morgan fingerprint density at radius 3 is 2.74 bits per heavy atom. The van der Waals surface area contributed by atoms with E-state index in [2.05, 4.69) is 26.3 Å². The summed E-state index contributed by atoms with van der Waals surface area (Å²) in [6.07, 6.45) is 0.824. The van der Waals surface area contributed by atoms with E-state index in [4.69, 9.17) is 23.2 Å². The van der Waals surface area contributed by atoms with Crippen LogP contribution < -0.4 is 5.32 Å². The zero-order valence-electron chi connectivity index (χ0n) is 10.7. The number of hydrogen-bond donors (Lipinski definition) is 1. The van der Waals surface area contributed by atoms with Gasteiger partial charge in [0, 0.05) is 11.5 Å². The summed E-state index contributed by atoms with van der Waals surface area (Å²) in [7, 11) is 1.89. The van der Waals surface area contributed by atoms with Crippen molar-refractivity contribution in [1.29, 1.82) is 0 Å². The molecule has 0 aliphatic carbocycles.